The largest absolute Gasteiger partial charge is 0.347 e. The zero-order chi connectivity index (χ0) is 18.3. The van der Waals surface area contributed by atoms with E-state index in [0.717, 1.165) is 0 Å². The molecule has 0 aliphatic heterocycles. The number of carbonyl (C=O) groups excluding carboxylic acids is 3. The number of hydrogen-bond donors (Lipinski definition) is 1. The Labute approximate surface area is 147 Å². The Morgan fingerprint density at radius 3 is 2.17 bits per heavy atom. The number of carbonyl (C=O) groups is 3. The number of amides is 3. The fourth-order valence-corrected chi connectivity index (χ4v) is 2.02. The third-order valence-electron chi connectivity index (χ3n) is 3.26. The van der Waals surface area contributed by atoms with Crippen LogP contribution in [0.2, 0.25) is 5.02 Å². The Morgan fingerprint density at radius 2 is 1.58 bits per heavy atom. The maximum atomic E-state index is 12.1. The number of rotatable bonds is 7. The van der Waals surface area contributed by atoms with E-state index in [9.17, 15) is 14.4 Å². The number of benzene rings is 1. The smallest absolute Gasteiger partial charge is 0.241 e. The van der Waals surface area contributed by atoms with Crippen molar-refractivity contribution in [2.24, 2.45) is 0 Å². The molecule has 0 atom stereocenters. The van der Waals surface area contributed by atoms with E-state index >= 15 is 0 Å². The normalized spacial score (nSPS) is 10.4. The summed E-state index contributed by atoms with van der Waals surface area (Å²) < 4.78 is 0. The molecule has 132 valence electrons. The van der Waals surface area contributed by atoms with Crippen LogP contribution in [0.1, 0.15) is 0 Å². The zero-order valence-corrected chi connectivity index (χ0v) is 15.1. The third kappa shape index (κ3) is 6.55. The summed E-state index contributed by atoms with van der Waals surface area (Å²) in [7, 11) is 6.48. The summed E-state index contributed by atoms with van der Waals surface area (Å²) >= 11 is 5.98. The van der Waals surface area contributed by atoms with Crippen LogP contribution in [0, 0.1) is 0 Å². The van der Waals surface area contributed by atoms with Crippen molar-refractivity contribution in [3.63, 3.8) is 0 Å². The summed E-state index contributed by atoms with van der Waals surface area (Å²) in [6.07, 6.45) is 0. The fraction of sp³-hybridized carbons (Fsp3) is 0.438. The number of para-hydroxylation sites is 1. The first-order valence-corrected chi connectivity index (χ1v) is 7.75. The van der Waals surface area contributed by atoms with Crippen LogP contribution in [-0.4, -0.2) is 80.2 Å². The predicted molar refractivity (Wildman–Crippen MR) is 93.9 cm³/mol. The lowest BCUT2D eigenvalue weighted by molar-refractivity contribution is -0.138. The number of likely N-dealkylation sites (N-methyl/N-ethyl adjacent to an activating group) is 3. The maximum Gasteiger partial charge on any atom is 0.241 e. The third-order valence-corrected chi connectivity index (χ3v) is 3.59. The van der Waals surface area contributed by atoms with Crippen molar-refractivity contribution in [2.75, 3.05) is 53.1 Å². The predicted octanol–water partition coefficient (Wildman–Crippen LogP) is 0.757. The molecular formula is C16H23ClN4O3. The summed E-state index contributed by atoms with van der Waals surface area (Å²) in [4.78, 5) is 40.0. The highest BCUT2D eigenvalue weighted by Crippen LogP contribution is 2.20. The van der Waals surface area contributed by atoms with E-state index in [1.807, 2.05) is 0 Å². The molecule has 7 nitrogen and oxygen atoms in total. The molecule has 8 heteroatoms. The summed E-state index contributed by atoms with van der Waals surface area (Å²) in [5, 5.41) is 3.14. The van der Waals surface area contributed by atoms with Crippen molar-refractivity contribution in [1.82, 2.24) is 14.7 Å². The van der Waals surface area contributed by atoms with E-state index in [4.69, 9.17) is 11.6 Å². The van der Waals surface area contributed by atoms with Crippen LogP contribution in [0.15, 0.2) is 24.3 Å². The van der Waals surface area contributed by atoms with Crippen LogP contribution in [0.3, 0.4) is 0 Å². The van der Waals surface area contributed by atoms with Gasteiger partial charge in [-0.3, -0.25) is 19.3 Å². The van der Waals surface area contributed by atoms with Gasteiger partial charge in [-0.2, -0.15) is 0 Å². The highest BCUT2D eigenvalue weighted by Gasteiger charge is 2.17. The highest BCUT2D eigenvalue weighted by atomic mass is 35.5. The minimum absolute atomic E-state index is 0.00545. The van der Waals surface area contributed by atoms with Gasteiger partial charge in [-0.05, 0) is 19.2 Å². The van der Waals surface area contributed by atoms with Crippen molar-refractivity contribution in [3.05, 3.63) is 29.3 Å². The maximum absolute atomic E-state index is 12.1. The average molecular weight is 355 g/mol. The quantitative estimate of drug-likeness (QED) is 0.784. The molecular weight excluding hydrogens is 332 g/mol. The molecule has 1 N–H and O–H groups in total. The van der Waals surface area contributed by atoms with Gasteiger partial charge in [0.15, 0.2) is 0 Å². The molecule has 1 rings (SSSR count). The Hall–Kier alpha value is -2.12. The van der Waals surface area contributed by atoms with E-state index in [0.29, 0.717) is 10.7 Å². The van der Waals surface area contributed by atoms with Gasteiger partial charge in [-0.1, -0.05) is 23.7 Å². The molecule has 0 bridgehead atoms. The van der Waals surface area contributed by atoms with E-state index in [1.54, 1.807) is 57.4 Å². The van der Waals surface area contributed by atoms with Crippen molar-refractivity contribution in [3.8, 4) is 0 Å². The molecule has 0 saturated heterocycles. The van der Waals surface area contributed by atoms with Gasteiger partial charge in [-0.25, -0.2) is 0 Å². The number of anilines is 1. The first-order chi connectivity index (χ1) is 11.2. The lowest BCUT2D eigenvalue weighted by atomic mass is 10.3. The van der Waals surface area contributed by atoms with Crippen molar-refractivity contribution < 1.29 is 14.4 Å². The molecule has 0 aromatic heterocycles. The van der Waals surface area contributed by atoms with E-state index < -0.39 is 0 Å². The first-order valence-electron chi connectivity index (χ1n) is 7.37. The van der Waals surface area contributed by atoms with Crippen LogP contribution in [0.25, 0.3) is 0 Å². The number of halogens is 1. The second-order valence-electron chi connectivity index (χ2n) is 5.74. The Bertz CT molecular complexity index is 607. The molecule has 0 heterocycles. The minimum Gasteiger partial charge on any atom is -0.347 e. The number of nitrogens with one attached hydrogen (secondary N) is 1. The van der Waals surface area contributed by atoms with E-state index in [2.05, 4.69) is 5.32 Å². The topological polar surface area (TPSA) is 73.0 Å². The summed E-state index contributed by atoms with van der Waals surface area (Å²) in [5.74, 6) is -0.673. The molecule has 0 aliphatic rings. The van der Waals surface area contributed by atoms with Gasteiger partial charge in [0.05, 0.1) is 30.3 Å². The fourth-order valence-electron chi connectivity index (χ4n) is 1.84. The van der Waals surface area contributed by atoms with Gasteiger partial charge in [0, 0.05) is 21.1 Å². The SMILES string of the molecule is CN(CC(=O)Nc1ccccc1Cl)CC(=O)N(C)CC(=O)N(C)C. The highest BCUT2D eigenvalue weighted by molar-refractivity contribution is 6.33. The van der Waals surface area contributed by atoms with Crippen LogP contribution >= 0.6 is 11.6 Å². The zero-order valence-electron chi connectivity index (χ0n) is 14.4. The summed E-state index contributed by atoms with van der Waals surface area (Å²) in [6.45, 7) is 0.0745. The Kier molecular flexibility index (Phi) is 7.67. The average Bonchev–Trinajstić information content (AvgIpc) is 2.48. The Morgan fingerprint density at radius 1 is 0.958 bits per heavy atom. The molecule has 0 unspecified atom stereocenters. The molecule has 24 heavy (non-hydrogen) atoms. The molecule has 0 saturated carbocycles. The van der Waals surface area contributed by atoms with E-state index in [-0.39, 0.29) is 37.4 Å². The standard InChI is InChI=1S/C16H23ClN4O3/c1-19(2)15(23)11-21(4)16(24)10-20(3)9-14(22)18-13-8-6-5-7-12(13)17/h5-8H,9-11H2,1-4H3,(H,18,22). The molecule has 0 spiro atoms. The van der Waals surface area contributed by atoms with Gasteiger partial charge < -0.3 is 15.1 Å². The first kappa shape index (κ1) is 19.9. The van der Waals surface area contributed by atoms with Crippen LogP contribution in [0.4, 0.5) is 5.69 Å². The second kappa shape index (κ2) is 9.24. The summed E-state index contributed by atoms with van der Waals surface area (Å²) in [5.41, 5.74) is 0.526. The van der Waals surface area contributed by atoms with Gasteiger partial charge in [0.1, 0.15) is 0 Å². The van der Waals surface area contributed by atoms with Gasteiger partial charge >= 0.3 is 0 Å². The van der Waals surface area contributed by atoms with Gasteiger partial charge in [0.25, 0.3) is 0 Å². The molecule has 0 radical (unpaired) electrons. The number of hydrogen-bond acceptors (Lipinski definition) is 4. The van der Waals surface area contributed by atoms with Crippen LogP contribution < -0.4 is 5.32 Å². The lowest BCUT2D eigenvalue weighted by Gasteiger charge is -2.22. The van der Waals surface area contributed by atoms with E-state index in [1.165, 1.54) is 9.80 Å². The summed E-state index contributed by atoms with van der Waals surface area (Å²) in [6, 6.07) is 6.92. The number of nitrogens with zero attached hydrogens (tertiary/aromatic N) is 3. The van der Waals surface area contributed by atoms with Crippen molar-refractivity contribution >= 4 is 35.0 Å². The minimum atomic E-state index is -0.273. The second-order valence-corrected chi connectivity index (χ2v) is 6.15. The molecule has 0 fully saturated rings. The monoisotopic (exact) mass is 354 g/mol. The molecule has 1 aromatic carbocycles. The Balaban J connectivity index is 2.46. The van der Waals surface area contributed by atoms with Crippen molar-refractivity contribution in [2.45, 2.75) is 0 Å². The van der Waals surface area contributed by atoms with Gasteiger partial charge in [-0.15, -0.1) is 0 Å². The van der Waals surface area contributed by atoms with Crippen LogP contribution in [0.5, 0.6) is 0 Å². The lowest BCUT2D eigenvalue weighted by Crippen LogP contribution is -2.43. The van der Waals surface area contributed by atoms with Gasteiger partial charge in [0.2, 0.25) is 17.7 Å². The molecule has 3 amide bonds. The molecule has 1 aromatic rings. The van der Waals surface area contributed by atoms with Crippen LogP contribution in [-0.2, 0) is 14.4 Å². The van der Waals surface area contributed by atoms with Crippen molar-refractivity contribution in [1.29, 1.82) is 0 Å². The molecule has 0 aliphatic carbocycles.